The van der Waals surface area contributed by atoms with Crippen molar-refractivity contribution in [2.45, 2.75) is 6.54 Å². The van der Waals surface area contributed by atoms with Crippen molar-refractivity contribution in [3.8, 4) is 0 Å². The van der Waals surface area contributed by atoms with Crippen molar-refractivity contribution < 1.29 is 4.79 Å². The lowest BCUT2D eigenvalue weighted by Gasteiger charge is -2.00. The molecule has 0 radical (unpaired) electrons. The quantitative estimate of drug-likeness (QED) is 0.483. The number of aromatic amines is 1. The lowest BCUT2D eigenvalue weighted by Crippen LogP contribution is -2.23. The summed E-state index contributed by atoms with van der Waals surface area (Å²) in [7, 11) is 0. The molecule has 0 aliphatic heterocycles. The van der Waals surface area contributed by atoms with E-state index in [0.29, 0.717) is 12.2 Å². The maximum Gasteiger partial charge on any atom is 0.272 e. The standard InChI is InChI=1S/C16H11IN4OS/c17-9-5-6-11-10(7-9)15(21-20-11)16(22)18-8-14-19-12-3-1-2-4-13(12)23-14/h1-7H,8H2,(H,18,22)(H,20,21). The van der Waals surface area contributed by atoms with Crippen molar-refractivity contribution >= 4 is 61.0 Å². The van der Waals surface area contributed by atoms with E-state index in [4.69, 9.17) is 0 Å². The molecule has 0 aliphatic carbocycles. The van der Waals surface area contributed by atoms with Gasteiger partial charge in [-0.1, -0.05) is 12.1 Å². The van der Waals surface area contributed by atoms with Crippen LogP contribution in [0.1, 0.15) is 15.5 Å². The molecule has 114 valence electrons. The normalized spacial score (nSPS) is 11.2. The molecular weight excluding hydrogens is 423 g/mol. The Morgan fingerprint density at radius 2 is 2.13 bits per heavy atom. The van der Waals surface area contributed by atoms with Gasteiger partial charge in [0.2, 0.25) is 0 Å². The van der Waals surface area contributed by atoms with E-state index < -0.39 is 0 Å². The first-order valence-electron chi connectivity index (χ1n) is 6.97. The van der Waals surface area contributed by atoms with Crippen LogP contribution in [0.15, 0.2) is 42.5 Å². The molecule has 2 N–H and O–H groups in total. The summed E-state index contributed by atoms with van der Waals surface area (Å²) in [5.74, 6) is -0.197. The number of carbonyl (C=O) groups excluding carboxylic acids is 1. The number of rotatable bonds is 3. The average molecular weight is 434 g/mol. The number of amides is 1. The van der Waals surface area contributed by atoms with Crippen LogP contribution >= 0.6 is 33.9 Å². The molecule has 2 heterocycles. The molecule has 23 heavy (non-hydrogen) atoms. The topological polar surface area (TPSA) is 70.7 Å². The second kappa shape index (κ2) is 5.89. The van der Waals surface area contributed by atoms with Crippen LogP contribution in [0.2, 0.25) is 0 Å². The molecule has 0 unspecified atom stereocenters. The van der Waals surface area contributed by atoms with Crippen LogP contribution < -0.4 is 5.32 Å². The molecule has 7 heteroatoms. The zero-order valence-corrected chi connectivity index (χ0v) is 14.8. The fourth-order valence-electron chi connectivity index (χ4n) is 2.39. The molecule has 4 rings (SSSR count). The van der Waals surface area contributed by atoms with Crippen LogP contribution in [0.3, 0.4) is 0 Å². The van der Waals surface area contributed by atoms with E-state index in [0.717, 1.165) is 29.7 Å². The van der Waals surface area contributed by atoms with Crippen molar-refractivity contribution in [3.05, 3.63) is 56.7 Å². The zero-order valence-electron chi connectivity index (χ0n) is 11.8. The smallest absolute Gasteiger partial charge is 0.272 e. The van der Waals surface area contributed by atoms with E-state index in [1.807, 2.05) is 42.5 Å². The van der Waals surface area contributed by atoms with Gasteiger partial charge >= 0.3 is 0 Å². The molecule has 0 spiro atoms. The van der Waals surface area contributed by atoms with E-state index in [2.05, 4.69) is 43.1 Å². The van der Waals surface area contributed by atoms with Crippen LogP contribution in [0.25, 0.3) is 21.1 Å². The Morgan fingerprint density at radius 3 is 3.00 bits per heavy atom. The molecule has 2 aromatic carbocycles. The summed E-state index contributed by atoms with van der Waals surface area (Å²) in [5, 5.41) is 11.6. The van der Waals surface area contributed by atoms with Crippen molar-refractivity contribution in [1.29, 1.82) is 0 Å². The van der Waals surface area contributed by atoms with Gasteiger partial charge in [0.25, 0.3) is 5.91 Å². The maximum absolute atomic E-state index is 12.4. The number of aromatic nitrogens is 3. The number of fused-ring (bicyclic) bond motifs is 2. The molecule has 0 fully saturated rings. The molecule has 0 aliphatic rings. The molecule has 0 bridgehead atoms. The fourth-order valence-corrected chi connectivity index (χ4v) is 3.79. The van der Waals surface area contributed by atoms with Gasteiger partial charge in [0.05, 0.1) is 22.3 Å². The maximum atomic E-state index is 12.4. The third-order valence-electron chi connectivity index (χ3n) is 3.48. The number of hydrogen-bond donors (Lipinski definition) is 2. The van der Waals surface area contributed by atoms with E-state index >= 15 is 0 Å². The van der Waals surface area contributed by atoms with E-state index in [9.17, 15) is 4.79 Å². The summed E-state index contributed by atoms with van der Waals surface area (Å²) in [4.78, 5) is 16.9. The Labute approximate surface area is 149 Å². The lowest BCUT2D eigenvalue weighted by atomic mass is 10.2. The van der Waals surface area contributed by atoms with E-state index in [-0.39, 0.29) is 5.91 Å². The lowest BCUT2D eigenvalue weighted by molar-refractivity contribution is 0.0947. The van der Waals surface area contributed by atoms with Crippen LogP contribution in [-0.4, -0.2) is 21.1 Å². The SMILES string of the molecule is O=C(NCc1nc2ccccc2s1)c1n[nH]c2ccc(I)cc12. The van der Waals surface area contributed by atoms with Gasteiger partial charge in [0.15, 0.2) is 5.69 Å². The number of H-pyrrole nitrogens is 1. The monoisotopic (exact) mass is 434 g/mol. The van der Waals surface area contributed by atoms with Gasteiger partial charge in [-0.25, -0.2) is 4.98 Å². The number of thiazole rings is 1. The number of benzene rings is 2. The highest BCUT2D eigenvalue weighted by Crippen LogP contribution is 2.22. The third-order valence-corrected chi connectivity index (χ3v) is 5.19. The molecule has 0 atom stereocenters. The second-order valence-electron chi connectivity index (χ2n) is 5.02. The van der Waals surface area contributed by atoms with Crippen LogP contribution in [0.4, 0.5) is 0 Å². The highest BCUT2D eigenvalue weighted by molar-refractivity contribution is 14.1. The molecule has 2 aromatic heterocycles. The number of para-hydroxylation sites is 1. The Morgan fingerprint density at radius 1 is 1.26 bits per heavy atom. The Hall–Kier alpha value is -2.00. The first-order valence-corrected chi connectivity index (χ1v) is 8.86. The Balaban J connectivity index is 1.56. The van der Waals surface area contributed by atoms with Gasteiger partial charge in [-0.15, -0.1) is 11.3 Å². The summed E-state index contributed by atoms with van der Waals surface area (Å²) >= 11 is 3.81. The average Bonchev–Trinajstić information content (AvgIpc) is 3.15. The summed E-state index contributed by atoms with van der Waals surface area (Å²) in [6, 6.07) is 13.8. The summed E-state index contributed by atoms with van der Waals surface area (Å²) < 4.78 is 2.19. The van der Waals surface area contributed by atoms with E-state index in [1.165, 1.54) is 0 Å². The fraction of sp³-hybridized carbons (Fsp3) is 0.0625. The molecule has 0 saturated heterocycles. The predicted molar refractivity (Wildman–Crippen MR) is 99.6 cm³/mol. The predicted octanol–water partition coefficient (Wildman–Crippen LogP) is 3.71. The highest BCUT2D eigenvalue weighted by atomic mass is 127. The summed E-state index contributed by atoms with van der Waals surface area (Å²) in [5.41, 5.74) is 2.23. The second-order valence-corrected chi connectivity index (χ2v) is 7.38. The Bertz CT molecular complexity index is 990. The van der Waals surface area contributed by atoms with Crippen LogP contribution in [0, 0.1) is 3.57 Å². The van der Waals surface area contributed by atoms with Crippen molar-refractivity contribution in [3.63, 3.8) is 0 Å². The van der Waals surface area contributed by atoms with Gasteiger partial charge in [-0.2, -0.15) is 5.10 Å². The van der Waals surface area contributed by atoms with Crippen LogP contribution in [0.5, 0.6) is 0 Å². The molecular formula is C16H11IN4OS. The minimum absolute atomic E-state index is 0.197. The summed E-state index contributed by atoms with van der Waals surface area (Å²) in [6.07, 6.45) is 0. The van der Waals surface area contributed by atoms with Gasteiger partial charge in [0.1, 0.15) is 5.01 Å². The Kier molecular flexibility index (Phi) is 3.74. The van der Waals surface area contributed by atoms with Gasteiger partial charge in [-0.3, -0.25) is 9.89 Å². The number of halogens is 1. The minimum atomic E-state index is -0.197. The molecule has 0 saturated carbocycles. The molecule has 5 nitrogen and oxygen atoms in total. The highest BCUT2D eigenvalue weighted by Gasteiger charge is 2.14. The van der Waals surface area contributed by atoms with E-state index in [1.54, 1.807) is 11.3 Å². The summed E-state index contributed by atoms with van der Waals surface area (Å²) in [6.45, 7) is 0.399. The number of nitrogens with zero attached hydrogens (tertiary/aromatic N) is 2. The first kappa shape index (κ1) is 14.6. The van der Waals surface area contributed by atoms with Gasteiger partial charge in [-0.05, 0) is 52.9 Å². The number of hydrogen-bond acceptors (Lipinski definition) is 4. The van der Waals surface area contributed by atoms with Gasteiger partial charge < -0.3 is 5.32 Å². The molecule has 1 amide bonds. The zero-order chi connectivity index (χ0) is 15.8. The van der Waals surface area contributed by atoms with Gasteiger partial charge in [0, 0.05) is 8.96 Å². The largest absolute Gasteiger partial charge is 0.344 e. The number of nitrogens with one attached hydrogen (secondary N) is 2. The van der Waals surface area contributed by atoms with Crippen molar-refractivity contribution in [2.24, 2.45) is 0 Å². The third kappa shape index (κ3) is 2.81. The first-order chi connectivity index (χ1) is 11.2. The van der Waals surface area contributed by atoms with Crippen molar-refractivity contribution in [1.82, 2.24) is 20.5 Å². The molecule has 4 aromatic rings. The van der Waals surface area contributed by atoms with Crippen LogP contribution in [-0.2, 0) is 6.54 Å². The minimum Gasteiger partial charge on any atom is -0.344 e. The number of carbonyl (C=O) groups is 1. The van der Waals surface area contributed by atoms with Crippen molar-refractivity contribution in [2.75, 3.05) is 0 Å².